The second-order valence-corrected chi connectivity index (χ2v) is 9.99. The van der Waals surface area contributed by atoms with Crippen LogP contribution in [0.25, 0.3) is 10.9 Å². The smallest absolute Gasteiger partial charge is 0.326 e. The molecule has 0 saturated carbocycles. The molecule has 0 aliphatic carbocycles. The summed E-state index contributed by atoms with van der Waals surface area (Å²) in [5.41, 5.74) is 7.65. The van der Waals surface area contributed by atoms with Gasteiger partial charge in [-0.05, 0) is 42.9 Å². The van der Waals surface area contributed by atoms with Gasteiger partial charge in [0.2, 0.25) is 17.7 Å². The molecule has 2 rings (SSSR count). The van der Waals surface area contributed by atoms with Crippen LogP contribution in [-0.4, -0.2) is 92.1 Å². The molecule has 1 heterocycles. The van der Waals surface area contributed by atoms with E-state index in [9.17, 15) is 39.0 Å². The molecule has 1 aromatic carbocycles. The Morgan fingerprint density at radius 2 is 1.50 bits per heavy atom. The van der Waals surface area contributed by atoms with Gasteiger partial charge in [0.05, 0.1) is 12.5 Å². The van der Waals surface area contributed by atoms with E-state index in [1.54, 1.807) is 12.5 Å². The fraction of sp³-hybridized carbons (Fsp3) is 0.440. The topological polar surface area (TPSA) is 241 Å². The monoisotopic (exact) mass is 579 g/mol. The molecule has 0 spiro atoms. The fourth-order valence-corrected chi connectivity index (χ4v) is 4.34. The number of benzene rings is 1. The highest BCUT2D eigenvalue weighted by Gasteiger charge is 2.32. The predicted octanol–water partition coefficient (Wildman–Crippen LogP) is -0.331. The second-order valence-electron chi connectivity index (χ2n) is 9.00. The number of hydrogen-bond acceptors (Lipinski definition) is 8. The first kappa shape index (κ1) is 32.1. The number of aromatic nitrogens is 1. The molecule has 218 valence electrons. The maximum atomic E-state index is 13.0. The van der Waals surface area contributed by atoms with Crippen LogP contribution in [-0.2, 0) is 35.2 Å². The van der Waals surface area contributed by atoms with Crippen LogP contribution in [0.2, 0.25) is 0 Å². The van der Waals surface area contributed by atoms with Crippen LogP contribution in [0.1, 0.15) is 31.2 Å². The number of carboxylic acids is 3. The highest BCUT2D eigenvalue weighted by molar-refractivity contribution is 7.98. The average Bonchev–Trinajstić information content (AvgIpc) is 3.30. The van der Waals surface area contributed by atoms with E-state index < -0.39 is 72.6 Å². The molecule has 0 fully saturated rings. The van der Waals surface area contributed by atoms with E-state index in [-0.39, 0.29) is 19.3 Å². The third kappa shape index (κ3) is 9.89. The lowest BCUT2D eigenvalue weighted by molar-refractivity contribution is -0.143. The number of nitrogens with one attached hydrogen (secondary N) is 4. The van der Waals surface area contributed by atoms with E-state index >= 15 is 0 Å². The lowest BCUT2D eigenvalue weighted by atomic mass is 10.0. The van der Waals surface area contributed by atoms with Crippen molar-refractivity contribution in [3.05, 3.63) is 36.0 Å². The molecular formula is C25H33N5O9S. The van der Waals surface area contributed by atoms with Gasteiger partial charge in [-0.1, -0.05) is 18.2 Å². The molecule has 0 saturated heterocycles. The van der Waals surface area contributed by atoms with Crippen molar-refractivity contribution in [2.24, 2.45) is 5.73 Å². The van der Waals surface area contributed by atoms with Gasteiger partial charge in [-0.25, -0.2) is 4.79 Å². The van der Waals surface area contributed by atoms with E-state index in [0.717, 1.165) is 16.5 Å². The highest BCUT2D eigenvalue weighted by atomic mass is 32.2. The van der Waals surface area contributed by atoms with Crippen molar-refractivity contribution in [2.45, 2.75) is 56.3 Å². The van der Waals surface area contributed by atoms with Gasteiger partial charge < -0.3 is 42.0 Å². The number of hydrogen-bond donors (Lipinski definition) is 8. The Hall–Kier alpha value is -4.11. The number of rotatable bonds is 17. The summed E-state index contributed by atoms with van der Waals surface area (Å²) in [6.07, 6.45) is 1.81. The lowest BCUT2D eigenvalue weighted by Crippen LogP contribution is -2.57. The first-order valence-electron chi connectivity index (χ1n) is 12.3. The van der Waals surface area contributed by atoms with Crippen molar-refractivity contribution in [3.8, 4) is 0 Å². The quantitative estimate of drug-likeness (QED) is 0.121. The predicted molar refractivity (Wildman–Crippen MR) is 146 cm³/mol. The molecule has 0 aliphatic rings. The first-order valence-corrected chi connectivity index (χ1v) is 13.7. The Morgan fingerprint density at radius 1 is 0.875 bits per heavy atom. The minimum Gasteiger partial charge on any atom is -0.481 e. The SMILES string of the molecule is CSCCC(NC(=O)C(CC(=O)O)NC(=O)C(CCC(=O)O)NC(=O)C(N)Cc1c[nH]c2ccccc12)C(=O)O. The van der Waals surface area contributed by atoms with Crippen molar-refractivity contribution >= 4 is 58.3 Å². The zero-order valence-corrected chi connectivity index (χ0v) is 22.5. The average molecular weight is 580 g/mol. The molecule has 15 heteroatoms. The standard InChI is InChI=1S/C25H33N5O9S/c1-40-9-8-18(25(38)39)29-24(37)19(11-21(33)34)30-23(36)17(6-7-20(31)32)28-22(35)15(26)10-13-12-27-16-5-3-2-4-14(13)16/h2-5,12,15,17-19,27H,6-11,26H2,1H3,(H,28,35)(H,29,37)(H,30,36)(H,31,32)(H,33,34)(H,38,39). The van der Waals surface area contributed by atoms with Gasteiger partial charge in [0.25, 0.3) is 0 Å². The van der Waals surface area contributed by atoms with Gasteiger partial charge in [-0.2, -0.15) is 11.8 Å². The van der Waals surface area contributed by atoms with Crippen molar-refractivity contribution in [2.75, 3.05) is 12.0 Å². The van der Waals surface area contributed by atoms with E-state index in [1.165, 1.54) is 11.8 Å². The summed E-state index contributed by atoms with van der Waals surface area (Å²) in [6.45, 7) is 0. The van der Waals surface area contributed by atoms with Crippen LogP contribution in [0.15, 0.2) is 30.5 Å². The van der Waals surface area contributed by atoms with Crippen LogP contribution in [0, 0.1) is 0 Å². The number of para-hydroxylation sites is 1. The zero-order chi connectivity index (χ0) is 29.8. The van der Waals surface area contributed by atoms with E-state index in [1.807, 2.05) is 24.3 Å². The zero-order valence-electron chi connectivity index (χ0n) is 21.7. The van der Waals surface area contributed by atoms with Crippen LogP contribution in [0.5, 0.6) is 0 Å². The number of fused-ring (bicyclic) bond motifs is 1. The van der Waals surface area contributed by atoms with Crippen molar-refractivity contribution in [3.63, 3.8) is 0 Å². The maximum Gasteiger partial charge on any atom is 0.326 e. The van der Waals surface area contributed by atoms with Crippen LogP contribution in [0.3, 0.4) is 0 Å². The summed E-state index contributed by atoms with van der Waals surface area (Å²) in [5, 5.41) is 35.4. The Balaban J connectivity index is 2.15. The Kier molecular flexibility index (Phi) is 12.4. The molecule has 0 aliphatic heterocycles. The molecule has 1 aromatic heterocycles. The summed E-state index contributed by atoms with van der Waals surface area (Å²) in [4.78, 5) is 75.7. The number of aliphatic carboxylic acids is 3. The molecule has 0 radical (unpaired) electrons. The van der Waals surface area contributed by atoms with Gasteiger partial charge in [0.15, 0.2) is 0 Å². The van der Waals surface area contributed by atoms with Crippen molar-refractivity contribution in [1.82, 2.24) is 20.9 Å². The maximum absolute atomic E-state index is 13.0. The van der Waals surface area contributed by atoms with Gasteiger partial charge in [0, 0.05) is 23.5 Å². The largest absolute Gasteiger partial charge is 0.481 e. The minimum absolute atomic E-state index is 0.0571. The van der Waals surface area contributed by atoms with E-state index in [2.05, 4.69) is 20.9 Å². The summed E-state index contributed by atoms with van der Waals surface area (Å²) < 4.78 is 0. The number of aromatic amines is 1. The molecule has 9 N–H and O–H groups in total. The number of carboxylic acid groups (broad SMARTS) is 3. The number of thioether (sulfide) groups is 1. The minimum atomic E-state index is -1.69. The van der Waals surface area contributed by atoms with Gasteiger partial charge in [-0.15, -0.1) is 0 Å². The fourth-order valence-electron chi connectivity index (χ4n) is 3.87. The van der Waals surface area contributed by atoms with Crippen molar-refractivity contribution < 1.29 is 44.1 Å². The Bertz CT molecular complexity index is 1230. The number of amides is 3. The highest BCUT2D eigenvalue weighted by Crippen LogP contribution is 2.19. The third-order valence-electron chi connectivity index (χ3n) is 5.97. The molecule has 3 amide bonds. The summed E-state index contributed by atoms with van der Waals surface area (Å²) in [5.74, 6) is -6.49. The molecule has 0 bridgehead atoms. The molecule has 40 heavy (non-hydrogen) atoms. The Labute approximate surface area is 233 Å². The normalized spacial score (nSPS) is 13.9. The van der Waals surface area contributed by atoms with E-state index in [4.69, 9.17) is 10.8 Å². The van der Waals surface area contributed by atoms with Crippen LogP contribution < -0.4 is 21.7 Å². The van der Waals surface area contributed by atoms with Gasteiger partial charge in [-0.3, -0.25) is 24.0 Å². The number of carbonyl (C=O) groups excluding carboxylic acids is 3. The first-order chi connectivity index (χ1) is 18.9. The lowest BCUT2D eigenvalue weighted by Gasteiger charge is -2.24. The molecular weight excluding hydrogens is 546 g/mol. The molecule has 4 atom stereocenters. The second kappa shape index (κ2) is 15.5. The summed E-state index contributed by atoms with van der Waals surface area (Å²) >= 11 is 1.35. The number of H-pyrrole nitrogens is 1. The van der Waals surface area contributed by atoms with Crippen LogP contribution in [0.4, 0.5) is 0 Å². The van der Waals surface area contributed by atoms with E-state index in [0.29, 0.717) is 5.75 Å². The molecule has 14 nitrogen and oxygen atoms in total. The Morgan fingerprint density at radius 3 is 2.12 bits per heavy atom. The van der Waals surface area contributed by atoms with Crippen molar-refractivity contribution in [1.29, 1.82) is 0 Å². The summed E-state index contributed by atoms with van der Waals surface area (Å²) in [6, 6.07) is 1.76. The van der Waals surface area contributed by atoms with Crippen LogP contribution >= 0.6 is 11.8 Å². The number of nitrogens with two attached hydrogens (primary N) is 1. The number of carbonyl (C=O) groups is 6. The molecule has 2 aromatic rings. The summed E-state index contributed by atoms with van der Waals surface area (Å²) in [7, 11) is 0. The third-order valence-corrected chi connectivity index (χ3v) is 6.61. The molecule has 4 unspecified atom stereocenters. The van der Waals surface area contributed by atoms with Gasteiger partial charge in [0.1, 0.15) is 18.1 Å². The van der Waals surface area contributed by atoms with Gasteiger partial charge >= 0.3 is 17.9 Å².